The maximum absolute atomic E-state index is 12.2. The van der Waals surface area contributed by atoms with Gasteiger partial charge in [-0.05, 0) is 6.92 Å². The molecule has 0 aliphatic heterocycles. The average Bonchev–Trinajstić information content (AvgIpc) is 2.29. The predicted molar refractivity (Wildman–Crippen MR) is 56.0 cm³/mol. The smallest absolute Gasteiger partial charge is 0.462 e. The molecule has 0 spiro atoms. The summed E-state index contributed by atoms with van der Waals surface area (Å²) in [6.45, 7) is 1.36. The molecule has 0 saturated heterocycles. The van der Waals surface area contributed by atoms with Gasteiger partial charge in [0, 0.05) is 0 Å². The maximum Gasteiger partial charge on any atom is 0.574 e. The van der Waals surface area contributed by atoms with Gasteiger partial charge in [-0.1, -0.05) is 0 Å². The Hall–Kier alpha value is -2.50. The number of hydrogen-bond donors (Lipinski definition) is 1. The van der Waals surface area contributed by atoms with Crippen LogP contribution in [0.5, 0.6) is 5.88 Å². The summed E-state index contributed by atoms with van der Waals surface area (Å²) < 4.78 is 44.7. The second kappa shape index (κ2) is 5.43. The Morgan fingerprint density at radius 2 is 2.21 bits per heavy atom. The molecule has 0 radical (unpaired) electrons. The second-order valence-corrected chi connectivity index (χ2v) is 3.15. The van der Waals surface area contributed by atoms with Crippen LogP contribution in [0.15, 0.2) is 6.20 Å². The number of esters is 1. The van der Waals surface area contributed by atoms with Gasteiger partial charge in [0.1, 0.15) is 11.6 Å². The minimum Gasteiger partial charge on any atom is -0.462 e. The minimum absolute atomic E-state index is 0.0933. The van der Waals surface area contributed by atoms with Crippen molar-refractivity contribution >= 4 is 11.7 Å². The van der Waals surface area contributed by atoms with Gasteiger partial charge < -0.3 is 15.2 Å². The molecule has 9 heteroatoms. The average molecular weight is 275 g/mol. The standard InChI is InChI=1S/C10H8F3N3O3/c1-2-18-9(17)7-5(3-14)6(15)4-16-8(7)19-10(11,12)13/h4H,2,15H2,1H3. The summed E-state index contributed by atoms with van der Waals surface area (Å²) in [6.07, 6.45) is -4.26. The third-order valence-electron chi connectivity index (χ3n) is 1.88. The molecule has 2 N–H and O–H groups in total. The zero-order valence-corrected chi connectivity index (χ0v) is 9.61. The summed E-state index contributed by atoms with van der Waals surface area (Å²) in [6, 6.07) is 1.52. The van der Waals surface area contributed by atoms with Crippen LogP contribution >= 0.6 is 0 Å². The molecule has 0 amide bonds. The van der Waals surface area contributed by atoms with E-state index in [1.54, 1.807) is 0 Å². The van der Waals surface area contributed by atoms with Gasteiger partial charge in [-0.3, -0.25) is 0 Å². The highest BCUT2D eigenvalue weighted by molar-refractivity contribution is 5.96. The number of pyridine rings is 1. The van der Waals surface area contributed by atoms with E-state index in [4.69, 9.17) is 11.0 Å². The molecule has 0 aromatic carbocycles. The van der Waals surface area contributed by atoms with Crippen molar-refractivity contribution in [3.05, 3.63) is 17.3 Å². The van der Waals surface area contributed by atoms with Crippen LogP contribution in [0.2, 0.25) is 0 Å². The van der Waals surface area contributed by atoms with Crippen LogP contribution in [-0.4, -0.2) is 23.9 Å². The van der Waals surface area contributed by atoms with Crippen molar-refractivity contribution in [1.82, 2.24) is 4.98 Å². The van der Waals surface area contributed by atoms with Crippen molar-refractivity contribution < 1.29 is 27.4 Å². The molecule has 0 unspecified atom stereocenters. The van der Waals surface area contributed by atoms with Crippen LogP contribution in [0.3, 0.4) is 0 Å². The number of nitrogens with two attached hydrogens (primary N) is 1. The van der Waals surface area contributed by atoms with Crippen LogP contribution < -0.4 is 10.5 Å². The number of aromatic nitrogens is 1. The number of nitrogens with zero attached hydrogens (tertiary/aromatic N) is 2. The van der Waals surface area contributed by atoms with Gasteiger partial charge in [0.25, 0.3) is 0 Å². The maximum atomic E-state index is 12.2. The summed E-state index contributed by atoms with van der Waals surface area (Å²) in [5.41, 5.74) is 3.89. The van der Waals surface area contributed by atoms with Gasteiger partial charge in [-0.15, -0.1) is 13.2 Å². The lowest BCUT2D eigenvalue weighted by Crippen LogP contribution is -2.21. The highest BCUT2D eigenvalue weighted by Crippen LogP contribution is 2.29. The van der Waals surface area contributed by atoms with Crippen molar-refractivity contribution in [2.45, 2.75) is 13.3 Å². The minimum atomic E-state index is -5.06. The number of anilines is 1. The monoisotopic (exact) mass is 275 g/mol. The van der Waals surface area contributed by atoms with Crippen LogP contribution in [0.25, 0.3) is 0 Å². The molecule has 1 heterocycles. The molecule has 0 aliphatic carbocycles. The lowest BCUT2D eigenvalue weighted by molar-refractivity contribution is -0.276. The van der Waals surface area contributed by atoms with Gasteiger partial charge in [-0.25, -0.2) is 9.78 Å². The second-order valence-electron chi connectivity index (χ2n) is 3.15. The summed E-state index contributed by atoms with van der Waals surface area (Å²) in [4.78, 5) is 14.8. The Morgan fingerprint density at radius 1 is 1.58 bits per heavy atom. The summed E-state index contributed by atoms with van der Waals surface area (Å²) in [7, 11) is 0. The fourth-order valence-corrected chi connectivity index (χ4v) is 1.21. The first-order valence-electron chi connectivity index (χ1n) is 4.91. The Labute approximate surface area is 105 Å². The van der Waals surface area contributed by atoms with E-state index >= 15 is 0 Å². The molecular formula is C10H8F3N3O3. The molecule has 0 fully saturated rings. The van der Waals surface area contributed by atoms with Gasteiger partial charge in [0.2, 0.25) is 5.88 Å². The summed E-state index contributed by atoms with van der Waals surface area (Å²) >= 11 is 0. The first kappa shape index (κ1) is 14.6. The van der Waals surface area contributed by atoms with Crippen molar-refractivity contribution in [3.63, 3.8) is 0 Å². The lowest BCUT2D eigenvalue weighted by Gasteiger charge is -2.13. The van der Waals surface area contributed by atoms with Crippen molar-refractivity contribution in [2.24, 2.45) is 0 Å². The highest BCUT2D eigenvalue weighted by atomic mass is 19.4. The van der Waals surface area contributed by atoms with Crippen LogP contribution in [0.4, 0.5) is 18.9 Å². The molecule has 1 rings (SSSR count). The topological polar surface area (TPSA) is 98.2 Å². The van der Waals surface area contributed by atoms with E-state index in [9.17, 15) is 18.0 Å². The molecule has 6 nitrogen and oxygen atoms in total. The quantitative estimate of drug-likeness (QED) is 0.841. The van der Waals surface area contributed by atoms with E-state index in [0.29, 0.717) is 0 Å². The molecule has 19 heavy (non-hydrogen) atoms. The van der Waals surface area contributed by atoms with E-state index in [1.165, 1.54) is 13.0 Å². The number of carbonyl (C=O) groups excluding carboxylic acids is 1. The predicted octanol–water partition coefficient (Wildman–Crippen LogP) is 1.61. The van der Waals surface area contributed by atoms with Crippen LogP contribution in [0, 0.1) is 11.3 Å². The van der Waals surface area contributed by atoms with Crippen molar-refractivity contribution in [3.8, 4) is 11.9 Å². The Kier molecular flexibility index (Phi) is 4.16. The highest BCUT2D eigenvalue weighted by Gasteiger charge is 2.35. The van der Waals surface area contributed by atoms with Gasteiger partial charge in [0.05, 0.1) is 24.1 Å². The third-order valence-corrected chi connectivity index (χ3v) is 1.88. The molecule has 1 aromatic heterocycles. The van der Waals surface area contributed by atoms with Gasteiger partial charge in [0.15, 0.2) is 0 Å². The molecule has 0 aliphatic rings. The molecular weight excluding hydrogens is 267 g/mol. The number of alkyl halides is 3. The van der Waals surface area contributed by atoms with E-state index in [1.807, 2.05) is 0 Å². The normalized spacial score (nSPS) is 10.7. The summed E-state index contributed by atoms with van der Waals surface area (Å²) in [5.74, 6) is -2.24. The van der Waals surface area contributed by atoms with E-state index < -0.39 is 29.3 Å². The molecule has 102 valence electrons. The number of halogens is 3. The van der Waals surface area contributed by atoms with E-state index in [-0.39, 0.29) is 12.3 Å². The fourth-order valence-electron chi connectivity index (χ4n) is 1.21. The Bertz CT molecular complexity index is 537. The van der Waals surface area contributed by atoms with E-state index in [0.717, 1.165) is 6.20 Å². The number of carbonyl (C=O) groups is 1. The third kappa shape index (κ3) is 3.48. The number of hydrogen-bond acceptors (Lipinski definition) is 6. The number of nitriles is 1. The van der Waals surface area contributed by atoms with E-state index in [2.05, 4.69) is 14.5 Å². The van der Waals surface area contributed by atoms with Crippen molar-refractivity contribution in [1.29, 1.82) is 5.26 Å². The van der Waals surface area contributed by atoms with Crippen molar-refractivity contribution in [2.75, 3.05) is 12.3 Å². The first-order chi connectivity index (χ1) is 8.80. The SMILES string of the molecule is CCOC(=O)c1c(OC(F)(F)F)ncc(N)c1C#N. The largest absolute Gasteiger partial charge is 0.574 e. The molecule has 1 aromatic rings. The zero-order valence-electron chi connectivity index (χ0n) is 9.61. The number of ether oxygens (including phenoxy) is 2. The number of rotatable bonds is 3. The summed E-state index contributed by atoms with van der Waals surface area (Å²) in [5, 5.41) is 8.84. The van der Waals surface area contributed by atoms with Gasteiger partial charge >= 0.3 is 12.3 Å². The van der Waals surface area contributed by atoms with Crippen LogP contribution in [-0.2, 0) is 4.74 Å². The Morgan fingerprint density at radius 3 is 2.68 bits per heavy atom. The fraction of sp³-hybridized carbons (Fsp3) is 0.300. The van der Waals surface area contributed by atoms with Crippen LogP contribution in [0.1, 0.15) is 22.8 Å². The number of nitrogen functional groups attached to an aromatic ring is 1. The first-order valence-corrected chi connectivity index (χ1v) is 4.91. The molecule has 0 bridgehead atoms. The van der Waals surface area contributed by atoms with Gasteiger partial charge in [-0.2, -0.15) is 5.26 Å². The molecule has 0 atom stereocenters. The Balaban J connectivity index is 3.39. The molecule has 0 saturated carbocycles. The zero-order chi connectivity index (χ0) is 14.6. The lowest BCUT2D eigenvalue weighted by atomic mass is 10.1.